The van der Waals surface area contributed by atoms with Crippen LogP contribution in [-0.4, -0.2) is 23.1 Å². The molecule has 1 aromatic carbocycles. The lowest BCUT2D eigenvalue weighted by Gasteiger charge is -2.28. The number of urea groups is 1. The van der Waals surface area contributed by atoms with Crippen molar-refractivity contribution in [2.75, 3.05) is 0 Å². The van der Waals surface area contributed by atoms with Crippen LogP contribution in [0.15, 0.2) is 30.3 Å². The molecule has 0 aliphatic rings. The maximum absolute atomic E-state index is 12.0. The van der Waals surface area contributed by atoms with Crippen LogP contribution in [0.3, 0.4) is 0 Å². The topological polar surface area (TPSA) is 78.4 Å². The predicted molar refractivity (Wildman–Crippen MR) is 77.4 cm³/mol. The third-order valence-corrected chi connectivity index (χ3v) is 3.14. The molecule has 0 saturated heterocycles. The van der Waals surface area contributed by atoms with Gasteiger partial charge >= 0.3 is 12.0 Å². The van der Waals surface area contributed by atoms with Crippen LogP contribution >= 0.6 is 0 Å². The average Bonchev–Trinajstić information content (AvgIpc) is 2.35. The summed E-state index contributed by atoms with van der Waals surface area (Å²) in [4.78, 5) is 23.0. The van der Waals surface area contributed by atoms with Gasteiger partial charge in [-0.3, -0.25) is 0 Å². The highest BCUT2D eigenvalue weighted by atomic mass is 16.4. The van der Waals surface area contributed by atoms with Crippen LogP contribution in [0.5, 0.6) is 0 Å². The number of carbonyl (C=O) groups excluding carboxylic acids is 1. The van der Waals surface area contributed by atoms with Crippen molar-refractivity contribution < 1.29 is 14.7 Å². The highest BCUT2D eigenvalue weighted by Gasteiger charge is 2.27. The Bertz CT molecular complexity index is 469. The molecule has 5 nitrogen and oxygen atoms in total. The van der Waals surface area contributed by atoms with Gasteiger partial charge in [0, 0.05) is 0 Å². The molecule has 20 heavy (non-hydrogen) atoms. The van der Waals surface area contributed by atoms with E-state index in [4.69, 9.17) is 5.11 Å². The van der Waals surface area contributed by atoms with Gasteiger partial charge in [0.05, 0.1) is 5.54 Å². The molecule has 0 radical (unpaired) electrons. The molecule has 0 saturated carbocycles. The van der Waals surface area contributed by atoms with E-state index >= 15 is 0 Å². The van der Waals surface area contributed by atoms with Gasteiger partial charge in [0.1, 0.15) is 6.04 Å². The first kappa shape index (κ1) is 16.0. The van der Waals surface area contributed by atoms with E-state index in [-0.39, 0.29) is 5.92 Å². The molecule has 0 heterocycles. The second kappa shape index (κ2) is 6.41. The molecule has 5 heteroatoms. The molecule has 0 spiro atoms. The lowest BCUT2D eigenvalue weighted by molar-refractivity contribution is -0.140. The van der Waals surface area contributed by atoms with Gasteiger partial charge in [0.15, 0.2) is 0 Å². The first-order valence-electron chi connectivity index (χ1n) is 6.61. The second-order valence-corrected chi connectivity index (χ2v) is 5.65. The molecule has 1 rings (SSSR count). The van der Waals surface area contributed by atoms with E-state index in [1.54, 1.807) is 13.8 Å². The van der Waals surface area contributed by atoms with E-state index in [0.717, 1.165) is 5.56 Å². The first-order chi connectivity index (χ1) is 9.24. The average molecular weight is 278 g/mol. The van der Waals surface area contributed by atoms with Crippen LogP contribution in [0, 0.1) is 5.92 Å². The molecule has 1 unspecified atom stereocenters. The van der Waals surface area contributed by atoms with E-state index in [1.165, 1.54) is 0 Å². The number of carbonyl (C=O) groups is 2. The van der Waals surface area contributed by atoms with Gasteiger partial charge in [-0.1, -0.05) is 44.2 Å². The number of hydrogen-bond donors (Lipinski definition) is 3. The fraction of sp³-hybridized carbons (Fsp3) is 0.467. The molecule has 0 bridgehead atoms. The van der Waals surface area contributed by atoms with E-state index < -0.39 is 23.6 Å². The Morgan fingerprint density at radius 3 is 2.15 bits per heavy atom. The molecule has 110 valence electrons. The van der Waals surface area contributed by atoms with Crippen LogP contribution in [0.4, 0.5) is 4.79 Å². The van der Waals surface area contributed by atoms with Gasteiger partial charge < -0.3 is 15.7 Å². The molecular formula is C15H22N2O3. The SMILES string of the molecule is CC(C)C(NC(=O)NC(C)(C)c1ccccc1)C(=O)O. The van der Waals surface area contributed by atoms with Gasteiger partial charge in [-0.15, -0.1) is 0 Å². The first-order valence-corrected chi connectivity index (χ1v) is 6.61. The Morgan fingerprint density at radius 2 is 1.70 bits per heavy atom. The number of carboxylic acids is 1. The zero-order chi connectivity index (χ0) is 15.3. The van der Waals surface area contributed by atoms with Crippen LogP contribution in [-0.2, 0) is 10.3 Å². The Labute approximate surface area is 119 Å². The number of nitrogens with one attached hydrogen (secondary N) is 2. The summed E-state index contributed by atoms with van der Waals surface area (Å²) in [6.07, 6.45) is 0. The maximum Gasteiger partial charge on any atom is 0.326 e. The minimum absolute atomic E-state index is 0.182. The number of aliphatic carboxylic acids is 1. The van der Waals surface area contributed by atoms with Gasteiger partial charge in [-0.2, -0.15) is 0 Å². The summed E-state index contributed by atoms with van der Waals surface area (Å²) in [6, 6.07) is 8.13. The smallest absolute Gasteiger partial charge is 0.326 e. The number of rotatable bonds is 5. The van der Waals surface area contributed by atoms with Crippen molar-refractivity contribution in [1.82, 2.24) is 10.6 Å². The van der Waals surface area contributed by atoms with Gasteiger partial charge in [-0.25, -0.2) is 9.59 Å². The van der Waals surface area contributed by atoms with Crippen molar-refractivity contribution in [3.63, 3.8) is 0 Å². The Morgan fingerprint density at radius 1 is 1.15 bits per heavy atom. The normalized spacial score (nSPS) is 12.8. The number of benzene rings is 1. The van der Waals surface area contributed by atoms with Crippen molar-refractivity contribution in [3.8, 4) is 0 Å². The fourth-order valence-corrected chi connectivity index (χ4v) is 1.90. The highest BCUT2D eigenvalue weighted by molar-refractivity contribution is 5.83. The lowest BCUT2D eigenvalue weighted by atomic mass is 9.94. The van der Waals surface area contributed by atoms with Crippen molar-refractivity contribution in [1.29, 1.82) is 0 Å². The van der Waals surface area contributed by atoms with E-state index in [2.05, 4.69) is 10.6 Å². The number of hydrogen-bond acceptors (Lipinski definition) is 2. The summed E-state index contributed by atoms with van der Waals surface area (Å²) in [5, 5.41) is 14.4. The second-order valence-electron chi connectivity index (χ2n) is 5.65. The largest absolute Gasteiger partial charge is 0.480 e. The summed E-state index contributed by atoms with van der Waals surface area (Å²) < 4.78 is 0. The fourth-order valence-electron chi connectivity index (χ4n) is 1.90. The monoisotopic (exact) mass is 278 g/mol. The minimum Gasteiger partial charge on any atom is -0.480 e. The van der Waals surface area contributed by atoms with Gasteiger partial charge in [-0.05, 0) is 25.3 Å². The number of amides is 2. The quantitative estimate of drug-likeness (QED) is 0.773. The molecule has 1 aromatic rings. The van der Waals surface area contributed by atoms with Crippen molar-refractivity contribution >= 4 is 12.0 Å². The third kappa shape index (κ3) is 4.26. The summed E-state index contributed by atoms with van der Waals surface area (Å²) in [6.45, 7) is 7.24. The van der Waals surface area contributed by atoms with Crippen molar-refractivity contribution in [2.45, 2.75) is 39.3 Å². The van der Waals surface area contributed by atoms with Crippen molar-refractivity contribution in [2.24, 2.45) is 5.92 Å². The zero-order valence-electron chi connectivity index (χ0n) is 12.3. The molecule has 2 amide bonds. The lowest BCUT2D eigenvalue weighted by Crippen LogP contribution is -2.53. The molecule has 1 atom stereocenters. The molecule has 3 N–H and O–H groups in total. The predicted octanol–water partition coefficient (Wildman–Crippen LogP) is 2.33. The number of carboxylic acid groups (broad SMARTS) is 1. The Hall–Kier alpha value is -2.04. The molecule has 0 aliphatic heterocycles. The van der Waals surface area contributed by atoms with E-state index in [1.807, 2.05) is 44.2 Å². The third-order valence-electron chi connectivity index (χ3n) is 3.14. The standard InChI is InChI=1S/C15H22N2O3/c1-10(2)12(13(18)19)16-14(20)17-15(3,4)11-8-6-5-7-9-11/h5-10,12H,1-4H3,(H,18,19)(H2,16,17,20). The highest BCUT2D eigenvalue weighted by Crippen LogP contribution is 2.19. The van der Waals surface area contributed by atoms with Crippen LogP contribution < -0.4 is 10.6 Å². The summed E-state index contributed by atoms with van der Waals surface area (Å²) in [7, 11) is 0. The van der Waals surface area contributed by atoms with Crippen molar-refractivity contribution in [3.05, 3.63) is 35.9 Å². The molecule has 0 fully saturated rings. The summed E-state index contributed by atoms with van der Waals surface area (Å²) >= 11 is 0. The van der Waals surface area contributed by atoms with Crippen LogP contribution in [0.25, 0.3) is 0 Å². The van der Waals surface area contributed by atoms with Crippen LogP contribution in [0.2, 0.25) is 0 Å². The van der Waals surface area contributed by atoms with Gasteiger partial charge in [0.25, 0.3) is 0 Å². The van der Waals surface area contributed by atoms with E-state index in [9.17, 15) is 9.59 Å². The molecule has 0 aliphatic carbocycles. The molecular weight excluding hydrogens is 256 g/mol. The van der Waals surface area contributed by atoms with Crippen LogP contribution in [0.1, 0.15) is 33.3 Å². The molecule has 0 aromatic heterocycles. The van der Waals surface area contributed by atoms with Gasteiger partial charge in [0.2, 0.25) is 0 Å². The summed E-state index contributed by atoms with van der Waals surface area (Å²) in [5.41, 5.74) is 0.373. The minimum atomic E-state index is -1.03. The maximum atomic E-state index is 12.0. The Kier molecular flexibility index (Phi) is 5.13. The zero-order valence-corrected chi connectivity index (χ0v) is 12.3. The Balaban J connectivity index is 2.73. The van der Waals surface area contributed by atoms with E-state index in [0.29, 0.717) is 0 Å². The summed E-state index contributed by atoms with van der Waals surface area (Å²) in [5.74, 6) is -1.22.